The first kappa shape index (κ1) is 79.9. The van der Waals surface area contributed by atoms with Crippen LogP contribution in [0.25, 0.3) is 190 Å². The van der Waals surface area contributed by atoms with Crippen LogP contribution in [0.1, 0.15) is 25.0 Å². The summed E-state index contributed by atoms with van der Waals surface area (Å²) in [6.45, 7) is 4.76. The molecule has 0 saturated heterocycles. The molecule has 4 nitrogen and oxygen atoms in total. The van der Waals surface area contributed by atoms with Crippen molar-refractivity contribution in [3.05, 3.63) is 478 Å². The van der Waals surface area contributed by atoms with Gasteiger partial charge in [0, 0.05) is 142 Å². The van der Waals surface area contributed by atoms with E-state index in [0.29, 0.717) is 0 Å². The van der Waals surface area contributed by atoms with Crippen molar-refractivity contribution in [2.75, 3.05) is 14.7 Å². The summed E-state index contributed by atoms with van der Waals surface area (Å²) in [6, 6.07) is 170. The summed E-state index contributed by atoms with van der Waals surface area (Å²) in [4.78, 5) is 7.17. The lowest BCUT2D eigenvalue weighted by Crippen LogP contribution is -2.15. The molecule has 28 rings (SSSR count). The van der Waals surface area contributed by atoms with Gasteiger partial charge in [0.05, 0.1) is 11.4 Å². The molecular weight excluding hydrogens is 1710 g/mol. The van der Waals surface area contributed by atoms with Gasteiger partial charge in [-0.05, 0) is 293 Å². The van der Waals surface area contributed by atoms with E-state index < -0.39 is 0 Å². The quantitative estimate of drug-likeness (QED) is 0.122. The van der Waals surface area contributed by atoms with Gasteiger partial charge in [-0.1, -0.05) is 281 Å². The van der Waals surface area contributed by atoms with Crippen LogP contribution in [0.15, 0.2) is 472 Å². The van der Waals surface area contributed by atoms with E-state index in [1.165, 1.54) is 180 Å². The fourth-order valence-electron chi connectivity index (χ4n) is 20.9. The van der Waals surface area contributed by atoms with E-state index in [9.17, 15) is 0 Å². The van der Waals surface area contributed by atoms with Crippen molar-refractivity contribution in [1.29, 1.82) is 0 Å². The van der Waals surface area contributed by atoms with Crippen molar-refractivity contribution >= 4 is 242 Å². The minimum absolute atomic E-state index is 0.108. The zero-order valence-electron chi connectivity index (χ0n) is 73.8. The van der Waals surface area contributed by atoms with E-state index in [-0.39, 0.29) is 5.41 Å². The Morgan fingerprint density at radius 1 is 0.193 bits per heavy atom. The molecule has 8 heteroatoms. The fraction of sp³-hybridized carbons (Fsp3) is 0.0236. The number of hydrogen-bond acceptors (Lipinski definition) is 8. The predicted molar refractivity (Wildman–Crippen MR) is 586 cm³/mol. The van der Waals surface area contributed by atoms with Gasteiger partial charge < -0.3 is 19.1 Å². The van der Waals surface area contributed by atoms with Gasteiger partial charge in [-0.2, -0.15) is 0 Å². The molecule has 0 bridgehead atoms. The third kappa shape index (κ3) is 14.0. The highest BCUT2D eigenvalue weighted by Crippen LogP contribution is 2.57. The summed E-state index contributed by atoms with van der Waals surface area (Å²) >= 11 is 7.47. The Kier molecular flexibility index (Phi) is 19.4. The number of thiophene rings is 4. The lowest BCUT2D eigenvalue weighted by Gasteiger charge is -2.29. The SMILES string of the molecule is CC1(C)c2cc3ccccc3cc2-c2c(-c3ccccc3N(c3ccc4ccccc4c3)c3ccc4sc5ccccc5c4c3)cccc21.c1ccc(N(c2ccccc2)c2ccc3sc4cc(-c5ccc6sc7cc8ccccc8cc7c6c5)ccc4c3c2)cc1.c1ccc(N(c2ccccc2)c2cccc3sc4ccc(-c5ccc6c(c5)oc5cc7ccccc7cc56)cc4c23)cc1. The third-order valence-electron chi connectivity index (χ3n) is 27.4. The van der Waals surface area contributed by atoms with E-state index in [0.717, 1.165) is 73.0 Å². The Morgan fingerprint density at radius 2 is 0.585 bits per heavy atom. The van der Waals surface area contributed by atoms with Crippen molar-refractivity contribution in [3.63, 3.8) is 0 Å². The lowest BCUT2D eigenvalue weighted by molar-refractivity contribution is 0.661. The van der Waals surface area contributed by atoms with E-state index in [1.54, 1.807) is 0 Å². The van der Waals surface area contributed by atoms with Crippen molar-refractivity contribution in [3.8, 4) is 44.5 Å². The number of benzene rings is 22. The Morgan fingerprint density at radius 3 is 1.24 bits per heavy atom. The smallest absolute Gasteiger partial charge is 0.136 e. The number of nitrogens with zero attached hydrogens (tertiary/aromatic N) is 3. The molecule has 0 N–H and O–H groups in total. The van der Waals surface area contributed by atoms with Gasteiger partial charge in [-0.15, -0.1) is 45.3 Å². The highest BCUT2D eigenvalue weighted by Gasteiger charge is 2.38. The van der Waals surface area contributed by atoms with Crippen molar-refractivity contribution < 1.29 is 4.42 Å². The minimum Gasteiger partial charge on any atom is -0.456 e. The van der Waals surface area contributed by atoms with E-state index in [1.807, 2.05) is 45.3 Å². The average Bonchev–Trinajstić information content (AvgIpc) is 1.55. The molecule has 1 aliphatic carbocycles. The maximum absolute atomic E-state index is 6.41. The number of fused-ring (bicyclic) bond motifs is 22. The monoisotopic (exact) mass is 1790 g/mol. The lowest BCUT2D eigenvalue weighted by atomic mass is 9.81. The Labute approximate surface area is 796 Å². The first-order valence-corrected chi connectivity index (χ1v) is 49.3. The molecule has 0 aliphatic heterocycles. The van der Waals surface area contributed by atoms with Gasteiger partial charge in [-0.3, -0.25) is 0 Å². The maximum atomic E-state index is 6.41. The van der Waals surface area contributed by atoms with Crippen LogP contribution >= 0.6 is 45.3 Å². The third-order valence-corrected chi connectivity index (χ3v) is 32.0. The molecule has 636 valence electrons. The molecule has 0 spiro atoms. The zero-order valence-corrected chi connectivity index (χ0v) is 77.1. The summed E-state index contributed by atoms with van der Waals surface area (Å²) in [7, 11) is 0. The number of hydrogen-bond donors (Lipinski definition) is 0. The van der Waals surface area contributed by atoms with Gasteiger partial charge >= 0.3 is 0 Å². The second-order valence-electron chi connectivity index (χ2n) is 35.7. The van der Waals surface area contributed by atoms with E-state index in [4.69, 9.17) is 4.42 Å². The largest absolute Gasteiger partial charge is 0.456 e. The average molecular weight is 1800 g/mol. The number of rotatable bonds is 12. The molecule has 27 aromatic rings. The van der Waals surface area contributed by atoms with Crippen LogP contribution in [-0.2, 0) is 5.41 Å². The number of anilines is 9. The van der Waals surface area contributed by atoms with Crippen LogP contribution in [0.2, 0.25) is 0 Å². The van der Waals surface area contributed by atoms with Gasteiger partial charge in [0.15, 0.2) is 0 Å². The molecule has 1 aliphatic rings. The molecule has 0 saturated carbocycles. The summed E-state index contributed by atoms with van der Waals surface area (Å²) in [5.41, 5.74) is 24.9. The second kappa shape index (κ2) is 32.8. The van der Waals surface area contributed by atoms with Crippen molar-refractivity contribution in [2.45, 2.75) is 19.3 Å². The zero-order chi connectivity index (χ0) is 89.4. The Balaban J connectivity index is 0.000000106. The molecule has 22 aromatic carbocycles. The summed E-state index contributed by atoms with van der Waals surface area (Å²) in [5, 5.41) is 22.8. The van der Waals surface area contributed by atoms with Crippen molar-refractivity contribution in [2.24, 2.45) is 0 Å². The van der Waals surface area contributed by atoms with Crippen molar-refractivity contribution in [1.82, 2.24) is 0 Å². The first-order valence-electron chi connectivity index (χ1n) is 46.0. The van der Waals surface area contributed by atoms with Crippen LogP contribution < -0.4 is 14.7 Å². The Bertz CT molecular complexity index is 9310. The molecule has 0 atom stereocenters. The first-order chi connectivity index (χ1) is 66.6. The van der Waals surface area contributed by atoms with Crippen LogP contribution in [0.3, 0.4) is 0 Å². The highest BCUT2D eigenvalue weighted by molar-refractivity contribution is 7.27. The molecule has 0 amide bonds. The molecule has 135 heavy (non-hydrogen) atoms. The van der Waals surface area contributed by atoms with Crippen LogP contribution in [-0.4, -0.2) is 0 Å². The summed E-state index contributed by atoms with van der Waals surface area (Å²) in [6.07, 6.45) is 0. The topological polar surface area (TPSA) is 22.9 Å². The van der Waals surface area contributed by atoms with Gasteiger partial charge in [0.2, 0.25) is 0 Å². The van der Waals surface area contributed by atoms with Crippen LogP contribution in [0, 0.1) is 0 Å². The normalized spacial score (nSPS) is 12.3. The fourth-order valence-corrected chi connectivity index (χ4v) is 25.3. The number of furan rings is 1. The molecule has 0 fully saturated rings. The summed E-state index contributed by atoms with van der Waals surface area (Å²) in [5.74, 6) is 0. The molecular formula is C127H83N3OS4. The van der Waals surface area contributed by atoms with Crippen LogP contribution in [0.4, 0.5) is 51.2 Å². The van der Waals surface area contributed by atoms with Gasteiger partial charge in [0.25, 0.3) is 0 Å². The van der Waals surface area contributed by atoms with Gasteiger partial charge in [0.1, 0.15) is 11.2 Å². The molecule has 5 aromatic heterocycles. The summed E-state index contributed by atoms with van der Waals surface area (Å²) < 4.78 is 16.9. The standard InChI is InChI=1S/C47H33NS.C40H25NOS.C40H25NS2/c1-47(2)41-19-11-18-38(46(41)40-27-32-14-5-6-15-33(32)28-42(40)47)36-16-7-9-20-43(36)48(34-23-22-30-12-3-4-13-31(30)26-34)35-24-25-45-39(29-35)37-17-8-10-21-44(37)49-45;1-3-12-30(13-4-1)41(31-14-5-2-6-15-31)35-16-9-17-39-40(35)34-23-28(19-21-38(34)43-39)29-18-20-32-33-22-26-10-7-8-11-27(26)24-37(33)42-36(32)25-29;1-3-11-30(12-4-1)41(31-13-5-2-6-14-31)32-17-20-38-36(25-32)33-18-15-29(24-39(33)42-38)28-16-19-37-34(22-28)35-21-26-9-7-8-10-27(26)23-40(35)43-37/h3-29H,1-2H3;2*1-25H. The molecule has 0 radical (unpaired) electrons. The number of para-hydroxylation sites is 5. The second-order valence-corrected chi connectivity index (χ2v) is 40.1. The van der Waals surface area contributed by atoms with Crippen LogP contribution in [0.5, 0.6) is 0 Å². The molecule has 0 unspecified atom stereocenters. The maximum Gasteiger partial charge on any atom is 0.136 e. The van der Waals surface area contributed by atoms with Gasteiger partial charge in [-0.25, -0.2) is 0 Å². The van der Waals surface area contributed by atoms with E-state index in [2.05, 4.69) is 496 Å². The predicted octanol–water partition coefficient (Wildman–Crippen LogP) is 38.8. The highest BCUT2D eigenvalue weighted by atomic mass is 32.1. The molecule has 5 heterocycles. The Hall–Kier alpha value is -16.0. The minimum atomic E-state index is -0.108. The van der Waals surface area contributed by atoms with E-state index >= 15 is 0 Å².